The summed E-state index contributed by atoms with van der Waals surface area (Å²) < 4.78 is 5.60. The molecule has 17 heavy (non-hydrogen) atoms. The number of aldehydes is 1. The number of carbonyl (C=O) groups is 1. The van der Waals surface area contributed by atoms with Crippen molar-refractivity contribution in [2.45, 2.75) is 46.0 Å². The van der Waals surface area contributed by atoms with Gasteiger partial charge in [-0.15, -0.1) is 0 Å². The first-order valence-electron chi connectivity index (χ1n) is 6.58. The minimum atomic E-state index is -0.211. The molecule has 0 bridgehead atoms. The Morgan fingerprint density at radius 3 is 2.94 bits per heavy atom. The largest absolute Gasteiger partial charge is 0.469 e. The lowest BCUT2D eigenvalue weighted by Gasteiger charge is -2.49. The summed E-state index contributed by atoms with van der Waals surface area (Å²) in [4.78, 5) is 11.8. The SMILES string of the molecule is C[C@@H]1c2ccoc2C[C@@]2(C=O)[C@H](C)CC[C@@]12C. The number of hydrogen-bond acceptors (Lipinski definition) is 2. The Hall–Kier alpha value is -1.05. The molecule has 0 amide bonds. The molecule has 1 saturated carbocycles. The van der Waals surface area contributed by atoms with Crippen molar-refractivity contribution in [3.8, 4) is 0 Å². The first-order valence-corrected chi connectivity index (χ1v) is 6.58. The summed E-state index contributed by atoms with van der Waals surface area (Å²) in [5.74, 6) is 1.92. The van der Waals surface area contributed by atoms with E-state index in [0.29, 0.717) is 11.8 Å². The molecule has 1 heterocycles. The second kappa shape index (κ2) is 3.24. The third kappa shape index (κ3) is 1.09. The molecular weight excluding hydrogens is 212 g/mol. The van der Waals surface area contributed by atoms with Gasteiger partial charge in [0.05, 0.1) is 6.26 Å². The van der Waals surface area contributed by atoms with Gasteiger partial charge in [-0.1, -0.05) is 20.8 Å². The average molecular weight is 232 g/mol. The summed E-state index contributed by atoms with van der Waals surface area (Å²) in [6.45, 7) is 6.77. The van der Waals surface area contributed by atoms with Crippen LogP contribution in [0.25, 0.3) is 0 Å². The Kier molecular flexibility index (Phi) is 2.11. The fraction of sp³-hybridized carbons (Fsp3) is 0.667. The predicted octanol–water partition coefficient (Wildman–Crippen LogP) is 3.56. The molecule has 2 aliphatic rings. The maximum Gasteiger partial charge on any atom is 0.127 e. The van der Waals surface area contributed by atoms with Gasteiger partial charge in [0, 0.05) is 11.8 Å². The van der Waals surface area contributed by atoms with E-state index in [2.05, 4.69) is 26.8 Å². The van der Waals surface area contributed by atoms with Crippen molar-refractivity contribution >= 4 is 6.29 Å². The fourth-order valence-corrected chi connectivity index (χ4v) is 4.35. The van der Waals surface area contributed by atoms with Gasteiger partial charge < -0.3 is 9.21 Å². The Labute approximate surface area is 102 Å². The maximum atomic E-state index is 11.8. The zero-order chi connectivity index (χ0) is 12.3. The lowest BCUT2D eigenvalue weighted by Crippen LogP contribution is -2.48. The Morgan fingerprint density at radius 1 is 1.47 bits per heavy atom. The minimum Gasteiger partial charge on any atom is -0.469 e. The summed E-state index contributed by atoms with van der Waals surface area (Å²) in [6.07, 6.45) is 6.10. The number of carbonyl (C=O) groups excluding carboxylic acids is 1. The van der Waals surface area contributed by atoms with Crippen LogP contribution in [-0.4, -0.2) is 6.29 Å². The Morgan fingerprint density at radius 2 is 2.24 bits per heavy atom. The second-order valence-electron chi connectivity index (χ2n) is 6.21. The molecule has 0 aliphatic heterocycles. The summed E-state index contributed by atoms with van der Waals surface area (Å²) in [7, 11) is 0. The zero-order valence-electron chi connectivity index (χ0n) is 10.8. The summed E-state index contributed by atoms with van der Waals surface area (Å²) in [6, 6.07) is 2.09. The van der Waals surface area contributed by atoms with E-state index in [1.54, 1.807) is 6.26 Å². The fourth-order valence-electron chi connectivity index (χ4n) is 4.35. The number of furan rings is 1. The normalized spacial score (nSPS) is 44.2. The Balaban J connectivity index is 2.20. The topological polar surface area (TPSA) is 30.2 Å². The molecule has 0 radical (unpaired) electrons. The van der Waals surface area contributed by atoms with Crippen molar-refractivity contribution < 1.29 is 9.21 Å². The molecule has 3 rings (SSSR count). The molecule has 0 N–H and O–H groups in total. The molecule has 92 valence electrons. The van der Waals surface area contributed by atoms with E-state index >= 15 is 0 Å². The van der Waals surface area contributed by atoms with Gasteiger partial charge in [0.25, 0.3) is 0 Å². The van der Waals surface area contributed by atoms with Gasteiger partial charge in [-0.2, -0.15) is 0 Å². The van der Waals surface area contributed by atoms with E-state index in [4.69, 9.17) is 4.42 Å². The van der Waals surface area contributed by atoms with Crippen LogP contribution in [0.4, 0.5) is 0 Å². The summed E-state index contributed by atoms with van der Waals surface area (Å²) >= 11 is 0. The first-order chi connectivity index (χ1) is 8.05. The lowest BCUT2D eigenvalue weighted by atomic mass is 9.53. The maximum absolute atomic E-state index is 11.8. The van der Waals surface area contributed by atoms with Crippen LogP contribution in [0.15, 0.2) is 16.7 Å². The quantitative estimate of drug-likeness (QED) is 0.693. The highest BCUT2D eigenvalue weighted by Gasteiger charge is 2.61. The first kappa shape index (κ1) is 11.1. The van der Waals surface area contributed by atoms with Crippen molar-refractivity contribution in [3.05, 3.63) is 23.7 Å². The van der Waals surface area contributed by atoms with E-state index in [9.17, 15) is 4.79 Å². The molecule has 0 unspecified atom stereocenters. The van der Waals surface area contributed by atoms with E-state index in [1.807, 2.05) is 0 Å². The summed E-state index contributed by atoms with van der Waals surface area (Å²) in [5.41, 5.74) is 1.21. The van der Waals surface area contributed by atoms with E-state index in [1.165, 1.54) is 11.8 Å². The predicted molar refractivity (Wildman–Crippen MR) is 65.8 cm³/mol. The van der Waals surface area contributed by atoms with Gasteiger partial charge in [-0.05, 0) is 41.7 Å². The minimum absolute atomic E-state index is 0.102. The van der Waals surface area contributed by atoms with Crippen LogP contribution in [0.1, 0.15) is 50.9 Å². The van der Waals surface area contributed by atoms with Crippen LogP contribution < -0.4 is 0 Å². The van der Waals surface area contributed by atoms with Crippen molar-refractivity contribution in [2.24, 2.45) is 16.7 Å². The second-order valence-corrected chi connectivity index (χ2v) is 6.21. The van der Waals surface area contributed by atoms with Gasteiger partial charge in [0.15, 0.2) is 0 Å². The molecule has 0 spiro atoms. The van der Waals surface area contributed by atoms with Gasteiger partial charge in [0.1, 0.15) is 12.0 Å². The highest BCUT2D eigenvalue weighted by Crippen LogP contribution is 2.65. The molecule has 1 aromatic heterocycles. The van der Waals surface area contributed by atoms with Crippen LogP contribution in [0.2, 0.25) is 0 Å². The van der Waals surface area contributed by atoms with Crippen molar-refractivity contribution in [1.29, 1.82) is 0 Å². The highest BCUT2D eigenvalue weighted by atomic mass is 16.3. The van der Waals surface area contributed by atoms with Gasteiger partial charge in [0.2, 0.25) is 0 Å². The number of fused-ring (bicyclic) bond motifs is 2. The smallest absolute Gasteiger partial charge is 0.127 e. The average Bonchev–Trinajstić information content (AvgIpc) is 2.87. The molecule has 1 aromatic rings. The summed E-state index contributed by atoms with van der Waals surface area (Å²) in [5, 5.41) is 0. The van der Waals surface area contributed by atoms with Crippen LogP contribution in [0.5, 0.6) is 0 Å². The van der Waals surface area contributed by atoms with Gasteiger partial charge in [-0.3, -0.25) is 0 Å². The van der Waals surface area contributed by atoms with Gasteiger partial charge >= 0.3 is 0 Å². The van der Waals surface area contributed by atoms with E-state index in [-0.39, 0.29) is 10.8 Å². The number of hydrogen-bond donors (Lipinski definition) is 0. The van der Waals surface area contributed by atoms with Crippen molar-refractivity contribution in [3.63, 3.8) is 0 Å². The van der Waals surface area contributed by atoms with Crippen LogP contribution in [0, 0.1) is 16.7 Å². The van der Waals surface area contributed by atoms with Crippen molar-refractivity contribution in [1.82, 2.24) is 0 Å². The van der Waals surface area contributed by atoms with E-state index < -0.39 is 0 Å². The molecule has 0 saturated heterocycles. The standard InChI is InChI=1S/C15H20O2/c1-10-4-6-14(3)11(2)12-5-7-17-13(12)8-15(10,14)9-16/h5,7,9-11H,4,6,8H2,1-3H3/t10-,11-,14+,15-/m1/s1. The molecule has 0 aromatic carbocycles. The lowest BCUT2D eigenvalue weighted by molar-refractivity contribution is -0.126. The van der Waals surface area contributed by atoms with Gasteiger partial charge in [-0.25, -0.2) is 0 Å². The highest BCUT2D eigenvalue weighted by molar-refractivity contribution is 5.65. The van der Waals surface area contributed by atoms with Crippen LogP contribution in [-0.2, 0) is 11.2 Å². The monoisotopic (exact) mass is 232 g/mol. The zero-order valence-corrected chi connectivity index (χ0v) is 10.8. The molecule has 2 heteroatoms. The third-order valence-electron chi connectivity index (χ3n) is 5.90. The number of rotatable bonds is 1. The third-order valence-corrected chi connectivity index (χ3v) is 5.90. The Bertz CT molecular complexity index is 461. The molecular formula is C15H20O2. The van der Waals surface area contributed by atoms with Crippen LogP contribution >= 0.6 is 0 Å². The van der Waals surface area contributed by atoms with Crippen molar-refractivity contribution in [2.75, 3.05) is 0 Å². The molecule has 1 fully saturated rings. The molecule has 4 atom stereocenters. The molecule has 2 nitrogen and oxygen atoms in total. The van der Waals surface area contributed by atoms with Crippen LogP contribution in [0.3, 0.4) is 0 Å². The molecule has 2 aliphatic carbocycles. The van der Waals surface area contributed by atoms with E-state index in [0.717, 1.165) is 25.0 Å².